The molecule has 0 saturated carbocycles. The Bertz CT molecular complexity index is 636. The molecule has 2 heterocycles. The SMILES string of the molecule is CC1(CN)CCN(C(=O)Cn2ncc3ccccc32)C1. The van der Waals surface area contributed by atoms with Crippen LogP contribution in [0.15, 0.2) is 30.5 Å². The first-order chi connectivity index (χ1) is 9.61. The summed E-state index contributed by atoms with van der Waals surface area (Å²) in [6, 6.07) is 7.93. The Balaban J connectivity index is 1.74. The van der Waals surface area contributed by atoms with Crippen molar-refractivity contribution < 1.29 is 4.79 Å². The number of rotatable bonds is 3. The predicted octanol–water partition coefficient (Wildman–Crippen LogP) is 1.23. The highest BCUT2D eigenvalue weighted by Gasteiger charge is 2.34. The van der Waals surface area contributed by atoms with E-state index in [4.69, 9.17) is 5.73 Å². The van der Waals surface area contributed by atoms with Gasteiger partial charge in [-0.2, -0.15) is 5.10 Å². The minimum Gasteiger partial charge on any atom is -0.340 e. The van der Waals surface area contributed by atoms with Gasteiger partial charge in [0.05, 0.1) is 11.7 Å². The second-order valence-electron chi connectivity index (χ2n) is 5.94. The lowest BCUT2D eigenvalue weighted by molar-refractivity contribution is -0.131. The van der Waals surface area contributed by atoms with Crippen molar-refractivity contribution in [2.24, 2.45) is 11.1 Å². The maximum absolute atomic E-state index is 12.4. The first kappa shape index (κ1) is 13.1. The third-order valence-corrected chi connectivity index (χ3v) is 4.24. The first-order valence-electron chi connectivity index (χ1n) is 7.00. The number of nitrogens with two attached hydrogens (primary N) is 1. The Kier molecular flexibility index (Phi) is 3.22. The Labute approximate surface area is 118 Å². The van der Waals surface area contributed by atoms with Gasteiger partial charge in [0.25, 0.3) is 0 Å². The van der Waals surface area contributed by atoms with Crippen LogP contribution >= 0.6 is 0 Å². The number of aromatic nitrogens is 2. The van der Waals surface area contributed by atoms with E-state index in [9.17, 15) is 4.79 Å². The maximum atomic E-state index is 12.4. The van der Waals surface area contributed by atoms with Crippen molar-refractivity contribution in [2.75, 3.05) is 19.6 Å². The number of hydrogen-bond donors (Lipinski definition) is 1. The summed E-state index contributed by atoms with van der Waals surface area (Å²) >= 11 is 0. The van der Waals surface area contributed by atoms with Gasteiger partial charge < -0.3 is 10.6 Å². The molecule has 3 rings (SSSR count). The minimum atomic E-state index is 0.0713. The number of likely N-dealkylation sites (tertiary alicyclic amines) is 1. The minimum absolute atomic E-state index is 0.0713. The number of benzene rings is 1. The fourth-order valence-corrected chi connectivity index (χ4v) is 2.78. The van der Waals surface area contributed by atoms with Crippen LogP contribution in [0.3, 0.4) is 0 Å². The lowest BCUT2D eigenvalue weighted by Gasteiger charge is -2.22. The zero-order valence-electron chi connectivity index (χ0n) is 11.7. The van der Waals surface area contributed by atoms with Crippen molar-refractivity contribution in [3.8, 4) is 0 Å². The van der Waals surface area contributed by atoms with Gasteiger partial charge in [-0.3, -0.25) is 9.48 Å². The van der Waals surface area contributed by atoms with Crippen LogP contribution in [0.2, 0.25) is 0 Å². The molecule has 0 aliphatic carbocycles. The molecule has 0 spiro atoms. The molecule has 1 aliphatic heterocycles. The second-order valence-corrected chi connectivity index (χ2v) is 5.94. The topological polar surface area (TPSA) is 64.2 Å². The molecule has 0 radical (unpaired) electrons. The van der Waals surface area contributed by atoms with E-state index in [0.29, 0.717) is 13.1 Å². The van der Waals surface area contributed by atoms with Crippen LogP contribution in [0.1, 0.15) is 13.3 Å². The number of nitrogens with zero attached hydrogens (tertiary/aromatic N) is 3. The first-order valence-corrected chi connectivity index (χ1v) is 7.00. The van der Waals surface area contributed by atoms with E-state index in [0.717, 1.165) is 30.4 Å². The van der Waals surface area contributed by atoms with Crippen LogP contribution in [0.25, 0.3) is 10.9 Å². The molecule has 5 heteroatoms. The molecular formula is C15H20N4O. The highest BCUT2D eigenvalue weighted by molar-refractivity contribution is 5.82. The van der Waals surface area contributed by atoms with E-state index in [1.165, 1.54) is 0 Å². The second kappa shape index (κ2) is 4.90. The average molecular weight is 272 g/mol. The van der Waals surface area contributed by atoms with Crippen LogP contribution in [0.5, 0.6) is 0 Å². The molecule has 20 heavy (non-hydrogen) atoms. The summed E-state index contributed by atoms with van der Waals surface area (Å²) in [7, 11) is 0. The van der Waals surface area contributed by atoms with Gasteiger partial charge in [0.1, 0.15) is 6.54 Å². The summed E-state index contributed by atoms with van der Waals surface area (Å²) in [5, 5.41) is 5.37. The number of fused-ring (bicyclic) bond motifs is 1. The van der Waals surface area contributed by atoms with Gasteiger partial charge in [-0.1, -0.05) is 25.1 Å². The molecule has 1 amide bonds. The maximum Gasteiger partial charge on any atom is 0.244 e. The molecular weight excluding hydrogens is 252 g/mol. The van der Waals surface area contributed by atoms with Crippen molar-refractivity contribution in [1.29, 1.82) is 0 Å². The molecule has 0 bridgehead atoms. The summed E-state index contributed by atoms with van der Waals surface area (Å²) in [6.07, 6.45) is 2.78. The molecule has 1 aromatic heterocycles. The van der Waals surface area contributed by atoms with Crippen LogP contribution < -0.4 is 5.73 Å². The van der Waals surface area contributed by atoms with Crippen LogP contribution in [-0.2, 0) is 11.3 Å². The van der Waals surface area contributed by atoms with E-state index >= 15 is 0 Å². The van der Waals surface area contributed by atoms with E-state index in [1.54, 1.807) is 10.9 Å². The van der Waals surface area contributed by atoms with E-state index < -0.39 is 0 Å². The van der Waals surface area contributed by atoms with Gasteiger partial charge in [-0.15, -0.1) is 0 Å². The summed E-state index contributed by atoms with van der Waals surface area (Å²) in [5.74, 6) is 0.121. The summed E-state index contributed by atoms with van der Waals surface area (Å²) < 4.78 is 1.77. The van der Waals surface area contributed by atoms with Gasteiger partial charge in [-0.25, -0.2) is 0 Å². The smallest absolute Gasteiger partial charge is 0.244 e. The Morgan fingerprint density at radius 3 is 3.00 bits per heavy atom. The quantitative estimate of drug-likeness (QED) is 0.914. The molecule has 1 aliphatic rings. The normalized spacial score (nSPS) is 22.6. The fourth-order valence-electron chi connectivity index (χ4n) is 2.78. The lowest BCUT2D eigenvalue weighted by Crippen LogP contribution is -2.36. The highest BCUT2D eigenvalue weighted by atomic mass is 16.2. The summed E-state index contributed by atoms with van der Waals surface area (Å²) in [6.45, 7) is 4.62. The Hall–Kier alpha value is -1.88. The molecule has 2 N–H and O–H groups in total. The molecule has 106 valence electrons. The largest absolute Gasteiger partial charge is 0.340 e. The van der Waals surface area contributed by atoms with E-state index in [-0.39, 0.29) is 11.3 Å². The summed E-state index contributed by atoms with van der Waals surface area (Å²) in [4.78, 5) is 14.3. The predicted molar refractivity (Wildman–Crippen MR) is 78.1 cm³/mol. The lowest BCUT2D eigenvalue weighted by atomic mass is 9.90. The number of carbonyl (C=O) groups excluding carboxylic acids is 1. The van der Waals surface area contributed by atoms with Crippen molar-refractivity contribution in [2.45, 2.75) is 19.9 Å². The van der Waals surface area contributed by atoms with Gasteiger partial charge >= 0.3 is 0 Å². The standard InChI is InChI=1S/C15H20N4O/c1-15(10-16)6-7-18(11-15)14(20)9-19-13-5-3-2-4-12(13)8-17-19/h2-5,8H,6-7,9-11,16H2,1H3. The van der Waals surface area contributed by atoms with Crippen LogP contribution in [0.4, 0.5) is 0 Å². The third kappa shape index (κ3) is 2.29. The highest BCUT2D eigenvalue weighted by Crippen LogP contribution is 2.28. The molecule has 1 aromatic carbocycles. The average Bonchev–Trinajstić information content (AvgIpc) is 3.04. The van der Waals surface area contributed by atoms with Gasteiger partial charge in [0, 0.05) is 18.5 Å². The summed E-state index contributed by atoms with van der Waals surface area (Å²) in [5.41, 5.74) is 6.86. The Morgan fingerprint density at radius 1 is 1.45 bits per heavy atom. The van der Waals surface area contributed by atoms with Gasteiger partial charge in [0.2, 0.25) is 5.91 Å². The van der Waals surface area contributed by atoms with Crippen LogP contribution in [-0.4, -0.2) is 40.2 Å². The van der Waals surface area contributed by atoms with E-state index in [1.807, 2.05) is 29.2 Å². The van der Waals surface area contributed by atoms with E-state index in [2.05, 4.69) is 12.0 Å². The molecule has 5 nitrogen and oxygen atoms in total. The van der Waals surface area contributed by atoms with Crippen molar-refractivity contribution in [3.63, 3.8) is 0 Å². The Morgan fingerprint density at radius 2 is 2.25 bits per heavy atom. The van der Waals surface area contributed by atoms with Gasteiger partial charge in [0.15, 0.2) is 0 Å². The fraction of sp³-hybridized carbons (Fsp3) is 0.467. The van der Waals surface area contributed by atoms with Crippen LogP contribution in [0, 0.1) is 5.41 Å². The van der Waals surface area contributed by atoms with Crippen molar-refractivity contribution >= 4 is 16.8 Å². The number of hydrogen-bond acceptors (Lipinski definition) is 3. The molecule has 2 aromatic rings. The zero-order valence-corrected chi connectivity index (χ0v) is 11.7. The number of amides is 1. The van der Waals surface area contributed by atoms with Gasteiger partial charge in [-0.05, 0) is 24.4 Å². The monoisotopic (exact) mass is 272 g/mol. The molecule has 1 atom stereocenters. The molecule has 1 unspecified atom stereocenters. The molecule has 1 saturated heterocycles. The molecule has 1 fully saturated rings. The number of carbonyl (C=O) groups is 1. The van der Waals surface area contributed by atoms with Crippen molar-refractivity contribution in [1.82, 2.24) is 14.7 Å². The zero-order chi connectivity index (χ0) is 14.2. The number of para-hydroxylation sites is 1. The third-order valence-electron chi connectivity index (χ3n) is 4.24. The van der Waals surface area contributed by atoms with Crippen molar-refractivity contribution in [3.05, 3.63) is 30.5 Å².